The van der Waals surface area contributed by atoms with Crippen molar-refractivity contribution in [1.29, 1.82) is 0 Å². The third-order valence-corrected chi connectivity index (χ3v) is 11.7. The van der Waals surface area contributed by atoms with Gasteiger partial charge in [0.2, 0.25) is 0 Å². The van der Waals surface area contributed by atoms with Gasteiger partial charge in [0, 0.05) is 33.9 Å². The van der Waals surface area contributed by atoms with Crippen molar-refractivity contribution in [3.63, 3.8) is 0 Å². The number of para-hydroxylation sites is 4. The second-order valence-corrected chi connectivity index (χ2v) is 14.9. The SMILES string of the molecule is c1ccc(-c2ccc(N(c3ccc(-c4ccccc4)cc3)c3ccc4c(c3)C3(c5ccccc5Oc5ccccc53)c3ccccc3N4c3ccccc3)cc2)cc1. The Kier molecular flexibility index (Phi) is 8.04. The van der Waals surface area contributed by atoms with E-state index in [0.29, 0.717) is 0 Å². The maximum atomic E-state index is 6.73. The van der Waals surface area contributed by atoms with Gasteiger partial charge in [-0.25, -0.2) is 0 Å². The predicted molar refractivity (Wildman–Crippen MR) is 239 cm³/mol. The second-order valence-electron chi connectivity index (χ2n) is 14.9. The van der Waals surface area contributed by atoms with Crippen molar-refractivity contribution in [3.8, 4) is 33.8 Å². The van der Waals surface area contributed by atoms with E-state index < -0.39 is 5.41 Å². The number of rotatable bonds is 6. The lowest BCUT2D eigenvalue weighted by molar-refractivity contribution is 0.434. The molecule has 9 aromatic rings. The standard InChI is InChI=1S/C55H38N2O/c1-4-16-39(17-5-1)41-28-32-44(33-29-41)56(45-34-30-42(31-35-45)40-18-6-2-7-19-40)46-36-37-52-50(38-46)55(47-22-10-13-25-51(47)57(52)43-20-8-3-9-21-43)48-23-11-14-26-53(48)58-54-27-15-12-24-49(54)55/h1-38H. The Hall–Kier alpha value is -7.62. The highest BCUT2D eigenvalue weighted by atomic mass is 16.5. The molecule has 58 heavy (non-hydrogen) atoms. The largest absolute Gasteiger partial charge is 0.457 e. The summed E-state index contributed by atoms with van der Waals surface area (Å²) >= 11 is 0. The van der Waals surface area contributed by atoms with E-state index in [0.717, 1.165) is 56.8 Å². The average molecular weight is 743 g/mol. The Bertz CT molecular complexity index is 2780. The van der Waals surface area contributed by atoms with Crippen LogP contribution in [0.4, 0.5) is 34.1 Å². The first-order valence-electron chi connectivity index (χ1n) is 19.8. The molecular formula is C55H38N2O. The fourth-order valence-electron chi connectivity index (χ4n) is 9.16. The van der Waals surface area contributed by atoms with Crippen LogP contribution in [0.5, 0.6) is 11.5 Å². The second kappa shape index (κ2) is 13.8. The highest BCUT2D eigenvalue weighted by molar-refractivity contribution is 5.93. The van der Waals surface area contributed by atoms with Crippen LogP contribution in [0.1, 0.15) is 22.3 Å². The van der Waals surface area contributed by atoms with Crippen molar-refractivity contribution in [3.05, 3.63) is 253 Å². The Balaban J connectivity index is 1.18. The van der Waals surface area contributed by atoms with Crippen molar-refractivity contribution in [2.45, 2.75) is 5.41 Å². The Morgan fingerprint density at radius 2 is 0.741 bits per heavy atom. The minimum atomic E-state index is -0.682. The normalized spacial score (nSPS) is 13.1. The molecule has 2 aliphatic heterocycles. The zero-order valence-corrected chi connectivity index (χ0v) is 31.7. The summed E-state index contributed by atoms with van der Waals surface area (Å²) in [6.07, 6.45) is 0. The molecule has 0 amide bonds. The van der Waals surface area contributed by atoms with Crippen LogP contribution in [-0.2, 0) is 5.41 Å². The van der Waals surface area contributed by atoms with E-state index in [-0.39, 0.29) is 0 Å². The molecule has 0 radical (unpaired) electrons. The third-order valence-electron chi connectivity index (χ3n) is 11.7. The van der Waals surface area contributed by atoms with E-state index in [2.05, 4.69) is 240 Å². The van der Waals surface area contributed by atoms with Gasteiger partial charge in [-0.3, -0.25) is 0 Å². The number of ether oxygens (including phenoxy) is 1. The van der Waals surface area contributed by atoms with Gasteiger partial charge >= 0.3 is 0 Å². The van der Waals surface area contributed by atoms with Crippen molar-refractivity contribution in [2.75, 3.05) is 9.80 Å². The van der Waals surface area contributed by atoms with Gasteiger partial charge in [-0.2, -0.15) is 0 Å². The van der Waals surface area contributed by atoms with Crippen LogP contribution in [0, 0.1) is 0 Å². The summed E-state index contributed by atoms with van der Waals surface area (Å²) < 4.78 is 6.73. The molecule has 0 N–H and O–H groups in total. The molecule has 0 atom stereocenters. The first-order valence-corrected chi connectivity index (χ1v) is 19.8. The van der Waals surface area contributed by atoms with Gasteiger partial charge in [0.15, 0.2) is 0 Å². The van der Waals surface area contributed by atoms with Gasteiger partial charge in [-0.1, -0.05) is 158 Å². The van der Waals surface area contributed by atoms with E-state index in [1.165, 1.54) is 33.4 Å². The molecule has 9 aromatic carbocycles. The van der Waals surface area contributed by atoms with Crippen LogP contribution in [0.2, 0.25) is 0 Å². The molecule has 2 heterocycles. The van der Waals surface area contributed by atoms with E-state index in [9.17, 15) is 0 Å². The van der Waals surface area contributed by atoms with Crippen molar-refractivity contribution in [1.82, 2.24) is 0 Å². The van der Waals surface area contributed by atoms with Gasteiger partial charge < -0.3 is 14.5 Å². The smallest absolute Gasteiger partial charge is 0.132 e. The van der Waals surface area contributed by atoms with Crippen LogP contribution >= 0.6 is 0 Å². The quantitative estimate of drug-likeness (QED) is 0.169. The predicted octanol–water partition coefficient (Wildman–Crippen LogP) is 14.8. The number of hydrogen-bond acceptors (Lipinski definition) is 3. The fourth-order valence-corrected chi connectivity index (χ4v) is 9.16. The average Bonchev–Trinajstić information content (AvgIpc) is 3.30. The molecule has 0 unspecified atom stereocenters. The molecule has 0 bridgehead atoms. The molecular weight excluding hydrogens is 705 g/mol. The summed E-state index contributed by atoms with van der Waals surface area (Å²) in [4.78, 5) is 4.82. The lowest BCUT2D eigenvalue weighted by Crippen LogP contribution is -2.39. The van der Waals surface area contributed by atoms with Gasteiger partial charge in [0.25, 0.3) is 0 Å². The summed E-state index contributed by atoms with van der Waals surface area (Å²) in [6.45, 7) is 0. The molecule has 3 nitrogen and oxygen atoms in total. The van der Waals surface area contributed by atoms with Crippen LogP contribution in [0.15, 0.2) is 231 Å². The Labute approximate surface area is 339 Å². The van der Waals surface area contributed by atoms with E-state index in [4.69, 9.17) is 4.74 Å². The summed E-state index contributed by atoms with van der Waals surface area (Å²) in [6, 6.07) is 82.8. The summed E-state index contributed by atoms with van der Waals surface area (Å²) in [5, 5.41) is 0. The maximum Gasteiger partial charge on any atom is 0.132 e. The lowest BCUT2D eigenvalue weighted by Gasteiger charge is -2.49. The molecule has 274 valence electrons. The molecule has 0 saturated carbocycles. The van der Waals surface area contributed by atoms with E-state index in [1.807, 2.05) is 0 Å². The van der Waals surface area contributed by atoms with Gasteiger partial charge in [-0.05, 0) is 106 Å². The van der Waals surface area contributed by atoms with Gasteiger partial charge in [0.05, 0.1) is 16.8 Å². The minimum Gasteiger partial charge on any atom is -0.457 e. The fraction of sp³-hybridized carbons (Fsp3) is 0.0182. The molecule has 0 saturated heterocycles. The Morgan fingerprint density at radius 1 is 0.328 bits per heavy atom. The van der Waals surface area contributed by atoms with Gasteiger partial charge in [0.1, 0.15) is 11.5 Å². The van der Waals surface area contributed by atoms with Gasteiger partial charge in [-0.15, -0.1) is 0 Å². The molecule has 1 spiro atoms. The minimum absolute atomic E-state index is 0.682. The number of hydrogen-bond donors (Lipinski definition) is 0. The number of fused-ring (bicyclic) bond motifs is 8. The molecule has 3 heteroatoms. The lowest BCUT2D eigenvalue weighted by atomic mass is 9.61. The molecule has 0 fully saturated rings. The number of benzene rings is 9. The van der Waals surface area contributed by atoms with Crippen molar-refractivity contribution >= 4 is 34.1 Å². The first-order chi connectivity index (χ1) is 28.8. The van der Waals surface area contributed by atoms with Crippen molar-refractivity contribution < 1.29 is 4.74 Å². The highest BCUT2D eigenvalue weighted by Gasteiger charge is 2.51. The van der Waals surface area contributed by atoms with E-state index in [1.54, 1.807) is 0 Å². The monoisotopic (exact) mass is 742 g/mol. The zero-order valence-electron chi connectivity index (χ0n) is 31.7. The summed E-state index contributed by atoms with van der Waals surface area (Å²) in [5.41, 5.74) is 15.3. The molecule has 2 aliphatic rings. The molecule has 0 aliphatic carbocycles. The number of anilines is 6. The topological polar surface area (TPSA) is 15.7 Å². The van der Waals surface area contributed by atoms with Crippen LogP contribution in [-0.4, -0.2) is 0 Å². The van der Waals surface area contributed by atoms with Crippen LogP contribution in [0.3, 0.4) is 0 Å². The van der Waals surface area contributed by atoms with E-state index >= 15 is 0 Å². The van der Waals surface area contributed by atoms with Crippen LogP contribution in [0.25, 0.3) is 22.3 Å². The summed E-state index contributed by atoms with van der Waals surface area (Å²) in [7, 11) is 0. The maximum absolute atomic E-state index is 6.73. The molecule has 11 rings (SSSR count). The highest BCUT2D eigenvalue weighted by Crippen LogP contribution is 2.63. The molecule has 0 aromatic heterocycles. The Morgan fingerprint density at radius 3 is 1.29 bits per heavy atom. The zero-order chi connectivity index (χ0) is 38.5. The third kappa shape index (κ3) is 5.36. The van der Waals surface area contributed by atoms with Crippen molar-refractivity contribution in [2.24, 2.45) is 0 Å². The van der Waals surface area contributed by atoms with Crippen LogP contribution < -0.4 is 14.5 Å². The first kappa shape index (κ1) is 33.7. The summed E-state index contributed by atoms with van der Waals surface area (Å²) in [5.74, 6) is 1.73. The number of nitrogens with zero attached hydrogens (tertiary/aromatic N) is 2.